The molecule has 0 aromatic carbocycles. The molecule has 88 valence electrons. The lowest BCUT2D eigenvalue weighted by molar-refractivity contribution is 0.584. The van der Waals surface area contributed by atoms with E-state index in [0.717, 1.165) is 12.0 Å². The topological polar surface area (TPSA) is 59.1 Å². The molecule has 4 nitrogen and oxygen atoms in total. The molecule has 0 saturated heterocycles. The minimum atomic E-state index is -3.60. The molecule has 0 aliphatic carbocycles. The summed E-state index contributed by atoms with van der Waals surface area (Å²) in [5, 5.41) is -0.0305. The Kier molecular flexibility index (Phi) is 4.46. The third-order valence-corrected chi connectivity index (χ3v) is 3.87. The molecule has 0 aliphatic rings. The number of sulfonamides is 1. The average Bonchev–Trinajstić information content (AvgIpc) is 2.26. The first-order chi connectivity index (χ1) is 7.47. The van der Waals surface area contributed by atoms with Gasteiger partial charge in [-0.25, -0.2) is 18.1 Å². The normalized spacial score (nSPS) is 11.4. The fraction of sp³-hybridized carbons (Fsp3) is 0.300. The second kappa shape index (κ2) is 5.43. The molecule has 6 heteroatoms. The van der Waals surface area contributed by atoms with Crippen LogP contribution in [0.15, 0.2) is 35.4 Å². The molecule has 0 aliphatic heterocycles. The van der Waals surface area contributed by atoms with Crippen LogP contribution in [0.4, 0.5) is 0 Å². The molecule has 1 aromatic rings. The number of halogens is 1. The van der Waals surface area contributed by atoms with Gasteiger partial charge in [-0.15, -0.1) is 0 Å². The van der Waals surface area contributed by atoms with Gasteiger partial charge in [-0.1, -0.05) is 30.7 Å². The van der Waals surface area contributed by atoms with Crippen LogP contribution in [-0.4, -0.2) is 19.9 Å². The van der Waals surface area contributed by atoms with Crippen LogP contribution in [0, 0.1) is 0 Å². The first-order valence-corrected chi connectivity index (χ1v) is 6.60. The van der Waals surface area contributed by atoms with Gasteiger partial charge < -0.3 is 0 Å². The van der Waals surface area contributed by atoms with Gasteiger partial charge in [0.25, 0.3) is 0 Å². The molecule has 1 rings (SSSR count). The van der Waals surface area contributed by atoms with Gasteiger partial charge in [-0.2, -0.15) is 0 Å². The lowest BCUT2D eigenvalue weighted by atomic mass is 10.2. The maximum absolute atomic E-state index is 11.8. The average molecular weight is 261 g/mol. The van der Waals surface area contributed by atoms with Crippen LogP contribution in [0.3, 0.4) is 0 Å². The van der Waals surface area contributed by atoms with Crippen molar-refractivity contribution < 1.29 is 8.42 Å². The van der Waals surface area contributed by atoms with E-state index in [0.29, 0.717) is 0 Å². The Morgan fingerprint density at radius 2 is 2.31 bits per heavy atom. The van der Waals surface area contributed by atoms with E-state index in [1.807, 2.05) is 6.92 Å². The highest BCUT2D eigenvalue weighted by atomic mass is 35.5. The second-order valence-electron chi connectivity index (χ2n) is 3.22. The summed E-state index contributed by atoms with van der Waals surface area (Å²) in [4.78, 5) is 3.70. The standard InChI is InChI=1S/C10H13ClN2O2S/c1-3-8(2)7-13-16(14,15)9-5-4-6-12-10(9)11/h4-6,13H,2-3,7H2,1H3. The lowest BCUT2D eigenvalue weighted by Crippen LogP contribution is -2.26. The number of aromatic nitrogens is 1. The highest BCUT2D eigenvalue weighted by Gasteiger charge is 2.17. The molecule has 1 heterocycles. The smallest absolute Gasteiger partial charge is 0.243 e. The zero-order valence-corrected chi connectivity index (χ0v) is 10.5. The molecular formula is C10H13ClN2O2S. The first kappa shape index (κ1) is 13.2. The Balaban J connectivity index is 2.87. The Bertz CT molecular complexity index is 485. The number of pyridine rings is 1. The van der Waals surface area contributed by atoms with Crippen LogP contribution >= 0.6 is 11.6 Å². The zero-order valence-electron chi connectivity index (χ0n) is 8.90. The SMILES string of the molecule is C=C(CC)CNS(=O)(=O)c1cccnc1Cl. The van der Waals surface area contributed by atoms with Crippen molar-refractivity contribution in [2.75, 3.05) is 6.54 Å². The molecule has 0 atom stereocenters. The van der Waals surface area contributed by atoms with Crippen molar-refractivity contribution >= 4 is 21.6 Å². The van der Waals surface area contributed by atoms with Gasteiger partial charge in [-0.3, -0.25) is 0 Å². The summed E-state index contributed by atoms with van der Waals surface area (Å²) in [7, 11) is -3.60. The molecule has 0 fully saturated rings. The van der Waals surface area contributed by atoms with Gasteiger partial charge in [0.2, 0.25) is 10.0 Å². The summed E-state index contributed by atoms with van der Waals surface area (Å²) in [6, 6.07) is 2.93. The molecule has 0 spiro atoms. The third kappa shape index (κ3) is 3.30. The summed E-state index contributed by atoms with van der Waals surface area (Å²) in [5.74, 6) is 0. The fourth-order valence-corrected chi connectivity index (χ4v) is 2.48. The van der Waals surface area contributed by atoms with Crippen molar-refractivity contribution in [1.29, 1.82) is 0 Å². The summed E-state index contributed by atoms with van der Waals surface area (Å²) < 4.78 is 26.0. The fourth-order valence-electron chi connectivity index (χ4n) is 0.972. The van der Waals surface area contributed by atoms with Crippen molar-refractivity contribution in [3.63, 3.8) is 0 Å². The van der Waals surface area contributed by atoms with Crippen molar-refractivity contribution in [3.05, 3.63) is 35.6 Å². The number of rotatable bonds is 5. The molecule has 0 amide bonds. The van der Waals surface area contributed by atoms with Gasteiger partial charge in [0.05, 0.1) is 0 Å². The van der Waals surface area contributed by atoms with E-state index < -0.39 is 10.0 Å². The first-order valence-electron chi connectivity index (χ1n) is 4.74. The van der Waals surface area contributed by atoms with Crippen LogP contribution < -0.4 is 4.72 Å². The predicted octanol–water partition coefficient (Wildman–Crippen LogP) is 1.98. The second-order valence-corrected chi connectivity index (χ2v) is 5.31. The lowest BCUT2D eigenvalue weighted by Gasteiger charge is -2.08. The van der Waals surface area contributed by atoms with Crippen LogP contribution in [0.2, 0.25) is 5.15 Å². The van der Waals surface area contributed by atoms with E-state index in [2.05, 4.69) is 16.3 Å². The molecule has 16 heavy (non-hydrogen) atoms. The largest absolute Gasteiger partial charge is 0.243 e. The maximum atomic E-state index is 11.8. The highest BCUT2D eigenvalue weighted by molar-refractivity contribution is 7.89. The van der Waals surface area contributed by atoms with Crippen LogP contribution in [0.25, 0.3) is 0 Å². The van der Waals surface area contributed by atoms with Crippen LogP contribution in [0.1, 0.15) is 13.3 Å². The minimum Gasteiger partial charge on any atom is -0.243 e. The quantitative estimate of drug-likeness (QED) is 0.651. The van der Waals surface area contributed by atoms with Gasteiger partial charge in [-0.05, 0) is 18.6 Å². The van der Waals surface area contributed by atoms with E-state index in [9.17, 15) is 8.42 Å². The zero-order chi connectivity index (χ0) is 12.2. The Labute approximate surface area is 100 Å². The highest BCUT2D eigenvalue weighted by Crippen LogP contribution is 2.17. The monoisotopic (exact) mass is 260 g/mol. The Hall–Kier alpha value is -0.910. The minimum absolute atomic E-state index is 0.0134. The molecular weight excluding hydrogens is 248 g/mol. The van der Waals surface area contributed by atoms with E-state index in [1.165, 1.54) is 18.3 Å². The molecule has 0 bridgehead atoms. The number of nitrogens with one attached hydrogen (secondary N) is 1. The van der Waals surface area contributed by atoms with Crippen LogP contribution in [-0.2, 0) is 10.0 Å². The van der Waals surface area contributed by atoms with Gasteiger partial charge in [0, 0.05) is 12.7 Å². The summed E-state index contributed by atoms with van der Waals surface area (Å²) >= 11 is 5.71. The van der Waals surface area contributed by atoms with E-state index >= 15 is 0 Å². The third-order valence-electron chi connectivity index (χ3n) is 2.03. The van der Waals surface area contributed by atoms with E-state index in [-0.39, 0.29) is 16.6 Å². The van der Waals surface area contributed by atoms with Crippen molar-refractivity contribution in [3.8, 4) is 0 Å². The van der Waals surface area contributed by atoms with Gasteiger partial charge in [0.15, 0.2) is 0 Å². The van der Waals surface area contributed by atoms with Gasteiger partial charge in [0.1, 0.15) is 10.0 Å². The number of hydrogen-bond donors (Lipinski definition) is 1. The van der Waals surface area contributed by atoms with Crippen LogP contribution in [0.5, 0.6) is 0 Å². The summed E-state index contributed by atoms with van der Waals surface area (Å²) in [5.41, 5.74) is 0.809. The van der Waals surface area contributed by atoms with Gasteiger partial charge >= 0.3 is 0 Å². The Morgan fingerprint density at radius 3 is 2.88 bits per heavy atom. The number of hydrogen-bond acceptors (Lipinski definition) is 3. The maximum Gasteiger partial charge on any atom is 0.243 e. The van der Waals surface area contributed by atoms with Crippen molar-refractivity contribution in [2.24, 2.45) is 0 Å². The van der Waals surface area contributed by atoms with E-state index in [4.69, 9.17) is 11.6 Å². The molecule has 0 radical (unpaired) electrons. The predicted molar refractivity (Wildman–Crippen MR) is 63.9 cm³/mol. The van der Waals surface area contributed by atoms with Crippen molar-refractivity contribution in [2.45, 2.75) is 18.2 Å². The molecule has 1 aromatic heterocycles. The molecule has 0 unspecified atom stereocenters. The van der Waals surface area contributed by atoms with E-state index in [1.54, 1.807) is 0 Å². The molecule has 1 N–H and O–H groups in total. The van der Waals surface area contributed by atoms with Crippen molar-refractivity contribution in [1.82, 2.24) is 9.71 Å². The summed E-state index contributed by atoms with van der Waals surface area (Å²) in [6.45, 7) is 5.84. The molecule has 0 saturated carbocycles. The Morgan fingerprint density at radius 1 is 1.62 bits per heavy atom. The number of nitrogens with zero attached hydrogens (tertiary/aromatic N) is 1. The summed E-state index contributed by atoms with van der Waals surface area (Å²) in [6.07, 6.45) is 2.16.